The van der Waals surface area contributed by atoms with E-state index in [2.05, 4.69) is 48.2 Å². The highest BCUT2D eigenvalue weighted by molar-refractivity contribution is 5.70. The molecule has 1 heterocycles. The Hall–Kier alpha value is -2.13. The average Bonchev–Trinajstić information content (AvgIpc) is 2.62. The molecule has 0 bridgehead atoms. The second kappa shape index (κ2) is 7.63. The van der Waals surface area contributed by atoms with Crippen LogP contribution in [0.5, 0.6) is 0 Å². The molecule has 0 unspecified atom stereocenters. The highest BCUT2D eigenvalue weighted by Gasteiger charge is 2.32. The third-order valence-corrected chi connectivity index (χ3v) is 4.98. The van der Waals surface area contributed by atoms with Gasteiger partial charge in [-0.3, -0.25) is 9.69 Å². The number of rotatable bonds is 5. The number of aliphatic carboxylic acids is 1. The maximum atomic E-state index is 11.6. The monoisotopic (exact) mass is 323 g/mol. The number of carboxylic acid groups (broad SMARTS) is 1. The number of carboxylic acids is 1. The molecule has 2 aromatic carbocycles. The number of nitrogens with zero attached hydrogens (tertiary/aromatic N) is 1. The van der Waals surface area contributed by atoms with Gasteiger partial charge in [-0.05, 0) is 35.4 Å². The standard InChI is InChI=1S/C21H25NO2/c1-2-16-8-10-18(11-9-16)19-12-20(21(23)24)15-22(14-19)13-17-6-4-3-5-7-17/h3-11,19-20H,2,12-15H2,1H3,(H,23,24)/t19-,20-/m1/s1. The van der Waals surface area contributed by atoms with E-state index in [4.69, 9.17) is 0 Å². The summed E-state index contributed by atoms with van der Waals surface area (Å²) in [6.07, 6.45) is 1.76. The zero-order valence-electron chi connectivity index (χ0n) is 14.2. The van der Waals surface area contributed by atoms with Gasteiger partial charge in [0.2, 0.25) is 0 Å². The molecule has 1 aliphatic rings. The van der Waals surface area contributed by atoms with E-state index in [1.54, 1.807) is 0 Å². The number of hydrogen-bond donors (Lipinski definition) is 1. The van der Waals surface area contributed by atoms with E-state index in [1.165, 1.54) is 16.7 Å². The van der Waals surface area contributed by atoms with Gasteiger partial charge in [0, 0.05) is 19.6 Å². The molecule has 3 rings (SSSR count). The first-order valence-electron chi connectivity index (χ1n) is 8.73. The molecule has 3 nitrogen and oxygen atoms in total. The summed E-state index contributed by atoms with van der Waals surface area (Å²) in [5.41, 5.74) is 3.82. The first kappa shape index (κ1) is 16.7. The molecule has 2 atom stereocenters. The molecule has 0 saturated carbocycles. The molecule has 126 valence electrons. The quantitative estimate of drug-likeness (QED) is 0.906. The zero-order valence-corrected chi connectivity index (χ0v) is 14.2. The van der Waals surface area contributed by atoms with Crippen LogP contribution in [0.15, 0.2) is 54.6 Å². The number of carbonyl (C=O) groups is 1. The molecule has 3 heteroatoms. The van der Waals surface area contributed by atoms with Crippen LogP contribution in [0.1, 0.15) is 36.0 Å². The van der Waals surface area contributed by atoms with E-state index in [0.717, 1.165) is 25.9 Å². The summed E-state index contributed by atoms with van der Waals surface area (Å²) in [4.78, 5) is 13.9. The van der Waals surface area contributed by atoms with Gasteiger partial charge in [0.1, 0.15) is 0 Å². The number of piperidine rings is 1. The fourth-order valence-electron chi connectivity index (χ4n) is 3.61. The van der Waals surface area contributed by atoms with Crippen molar-refractivity contribution in [1.82, 2.24) is 4.90 Å². The first-order chi connectivity index (χ1) is 11.7. The van der Waals surface area contributed by atoms with Crippen LogP contribution in [0.25, 0.3) is 0 Å². The van der Waals surface area contributed by atoms with Crippen LogP contribution < -0.4 is 0 Å². The van der Waals surface area contributed by atoms with E-state index in [-0.39, 0.29) is 11.8 Å². The number of hydrogen-bond acceptors (Lipinski definition) is 2. The number of likely N-dealkylation sites (tertiary alicyclic amines) is 1. The molecule has 0 amide bonds. The van der Waals surface area contributed by atoms with Crippen molar-refractivity contribution >= 4 is 5.97 Å². The molecule has 0 aromatic heterocycles. The topological polar surface area (TPSA) is 40.5 Å². The zero-order chi connectivity index (χ0) is 16.9. The summed E-state index contributed by atoms with van der Waals surface area (Å²) in [6, 6.07) is 19.0. The lowest BCUT2D eigenvalue weighted by atomic mass is 9.84. The fourth-order valence-corrected chi connectivity index (χ4v) is 3.61. The molecule has 1 saturated heterocycles. The normalized spacial score (nSPS) is 21.5. The predicted molar refractivity (Wildman–Crippen MR) is 96.0 cm³/mol. The van der Waals surface area contributed by atoms with Crippen molar-refractivity contribution in [3.63, 3.8) is 0 Å². The Bertz CT molecular complexity index is 666. The third kappa shape index (κ3) is 4.04. The molecular weight excluding hydrogens is 298 g/mol. The highest BCUT2D eigenvalue weighted by atomic mass is 16.4. The second-order valence-electron chi connectivity index (χ2n) is 6.74. The van der Waals surface area contributed by atoms with Crippen molar-refractivity contribution in [2.45, 2.75) is 32.2 Å². The van der Waals surface area contributed by atoms with Crippen LogP contribution in [0, 0.1) is 5.92 Å². The maximum Gasteiger partial charge on any atom is 0.307 e. The lowest BCUT2D eigenvalue weighted by molar-refractivity contribution is -0.144. The third-order valence-electron chi connectivity index (χ3n) is 4.98. The Kier molecular flexibility index (Phi) is 5.31. The molecule has 1 N–H and O–H groups in total. The Morgan fingerprint density at radius 1 is 1.04 bits per heavy atom. The van der Waals surface area contributed by atoms with Crippen LogP contribution in [-0.4, -0.2) is 29.1 Å². The van der Waals surface area contributed by atoms with Crippen molar-refractivity contribution < 1.29 is 9.90 Å². The number of benzene rings is 2. The van der Waals surface area contributed by atoms with Crippen LogP contribution >= 0.6 is 0 Å². The average molecular weight is 323 g/mol. The summed E-state index contributed by atoms with van der Waals surface area (Å²) >= 11 is 0. The fraction of sp³-hybridized carbons (Fsp3) is 0.381. The van der Waals surface area contributed by atoms with Gasteiger partial charge in [-0.2, -0.15) is 0 Å². The van der Waals surface area contributed by atoms with Crippen molar-refractivity contribution in [2.75, 3.05) is 13.1 Å². The molecule has 0 aliphatic carbocycles. The SMILES string of the molecule is CCc1ccc([C@@H]2C[C@@H](C(=O)O)CN(Cc3ccccc3)C2)cc1. The van der Waals surface area contributed by atoms with Crippen molar-refractivity contribution in [3.05, 3.63) is 71.3 Å². The van der Waals surface area contributed by atoms with Gasteiger partial charge in [0.05, 0.1) is 5.92 Å². The summed E-state index contributed by atoms with van der Waals surface area (Å²) in [5.74, 6) is -0.685. The van der Waals surface area contributed by atoms with E-state index >= 15 is 0 Å². The van der Waals surface area contributed by atoms with Gasteiger partial charge in [0.25, 0.3) is 0 Å². The van der Waals surface area contributed by atoms with Crippen molar-refractivity contribution in [3.8, 4) is 0 Å². The lowest BCUT2D eigenvalue weighted by Gasteiger charge is -2.36. The number of aryl methyl sites for hydroxylation is 1. The van der Waals surface area contributed by atoms with E-state index in [0.29, 0.717) is 6.54 Å². The Morgan fingerprint density at radius 2 is 1.75 bits per heavy atom. The van der Waals surface area contributed by atoms with Gasteiger partial charge in [-0.25, -0.2) is 0 Å². The minimum absolute atomic E-state index is 0.287. The van der Waals surface area contributed by atoms with Gasteiger partial charge in [-0.15, -0.1) is 0 Å². The summed E-state index contributed by atoms with van der Waals surface area (Å²) in [6.45, 7) is 4.52. The minimum atomic E-state index is -0.678. The second-order valence-corrected chi connectivity index (χ2v) is 6.74. The van der Waals surface area contributed by atoms with Crippen LogP contribution in [-0.2, 0) is 17.8 Å². The molecule has 1 aliphatic heterocycles. The van der Waals surface area contributed by atoms with Crippen LogP contribution in [0.3, 0.4) is 0 Å². The molecule has 0 radical (unpaired) electrons. The summed E-state index contributed by atoms with van der Waals surface area (Å²) in [5, 5.41) is 9.54. The summed E-state index contributed by atoms with van der Waals surface area (Å²) in [7, 11) is 0. The van der Waals surface area contributed by atoms with Crippen molar-refractivity contribution in [2.24, 2.45) is 5.92 Å². The summed E-state index contributed by atoms with van der Waals surface area (Å²) < 4.78 is 0. The van der Waals surface area contributed by atoms with E-state index in [1.807, 2.05) is 18.2 Å². The van der Waals surface area contributed by atoms with Gasteiger partial charge < -0.3 is 5.11 Å². The molecular formula is C21H25NO2. The Balaban J connectivity index is 1.76. The molecule has 0 spiro atoms. The van der Waals surface area contributed by atoms with E-state index in [9.17, 15) is 9.90 Å². The van der Waals surface area contributed by atoms with E-state index < -0.39 is 5.97 Å². The molecule has 24 heavy (non-hydrogen) atoms. The predicted octanol–water partition coefficient (Wildman–Crippen LogP) is 3.94. The van der Waals surface area contributed by atoms with Gasteiger partial charge in [0.15, 0.2) is 0 Å². The van der Waals surface area contributed by atoms with Gasteiger partial charge >= 0.3 is 5.97 Å². The maximum absolute atomic E-state index is 11.6. The van der Waals surface area contributed by atoms with Gasteiger partial charge in [-0.1, -0.05) is 61.5 Å². The molecule has 2 aromatic rings. The van der Waals surface area contributed by atoms with Crippen LogP contribution in [0.4, 0.5) is 0 Å². The molecule has 1 fully saturated rings. The first-order valence-corrected chi connectivity index (χ1v) is 8.73. The van der Waals surface area contributed by atoms with Crippen molar-refractivity contribution in [1.29, 1.82) is 0 Å². The smallest absolute Gasteiger partial charge is 0.307 e. The Morgan fingerprint density at radius 3 is 2.38 bits per heavy atom. The lowest BCUT2D eigenvalue weighted by Crippen LogP contribution is -2.41. The van der Waals surface area contributed by atoms with Crippen LogP contribution in [0.2, 0.25) is 0 Å². The minimum Gasteiger partial charge on any atom is -0.481 e. The highest BCUT2D eigenvalue weighted by Crippen LogP contribution is 2.31. The largest absolute Gasteiger partial charge is 0.481 e. The Labute approximate surface area is 143 Å².